The van der Waals surface area contributed by atoms with Crippen LogP contribution in [0.3, 0.4) is 0 Å². The van der Waals surface area contributed by atoms with Crippen LogP contribution >= 0.6 is 15.9 Å². The molecule has 1 amide bonds. The summed E-state index contributed by atoms with van der Waals surface area (Å²) in [5.41, 5.74) is 2.73. The molecular formula is C25H20BrFN2O3. The molecule has 0 radical (unpaired) electrons. The van der Waals surface area contributed by atoms with Crippen LogP contribution in [-0.4, -0.2) is 19.6 Å². The van der Waals surface area contributed by atoms with Crippen molar-refractivity contribution >= 4 is 39.2 Å². The zero-order valence-corrected chi connectivity index (χ0v) is 19.1. The summed E-state index contributed by atoms with van der Waals surface area (Å²) in [5, 5.41) is 12.3. The molecule has 1 N–H and O–H groups in total. The van der Waals surface area contributed by atoms with E-state index >= 15 is 0 Å². The molecule has 5 nitrogen and oxygen atoms in total. The van der Waals surface area contributed by atoms with Gasteiger partial charge in [-0.25, -0.2) is 4.39 Å². The maximum Gasteiger partial charge on any atom is 0.262 e. The normalized spacial score (nSPS) is 10.9. The van der Waals surface area contributed by atoms with Gasteiger partial charge >= 0.3 is 0 Å². The number of carbonyl (C=O) groups excluding carboxylic acids is 1. The number of aryl methyl sites for hydroxylation is 1. The van der Waals surface area contributed by atoms with E-state index < -0.39 is 5.82 Å². The standard InChI is InChI=1S/C25H20BrFN2O3/c1-16-7-9-19(10-8-16)29-25(30)15-32-24-13-21(26)17(12-23(24)31-2)11-18(14-28)20-5-3-4-6-22(20)27/h3-13H,15H2,1-2H3,(H,29,30). The summed E-state index contributed by atoms with van der Waals surface area (Å²) in [7, 11) is 1.47. The summed E-state index contributed by atoms with van der Waals surface area (Å²) in [6.07, 6.45) is 1.55. The van der Waals surface area contributed by atoms with E-state index in [1.54, 1.807) is 36.4 Å². The molecule has 0 fully saturated rings. The first-order chi connectivity index (χ1) is 15.4. The molecular weight excluding hydrogens is 475 g/mol. The Morgan fingerprint density at radius 2 is 1.88 bits per heavy atom. The molecule has 3 aromatic carbocycles. The second-order valence-corrected chi connectivity index (χ2v) is 7.73. The van der Waals surface area contributed by atoms with Crippen LogP contribution in [0.1, 0.15) is 16.7 Å². The predicted molar refractivity (Wildman–Crippen MR) is 126 cm³/mol. The Balaban J connectivity index is 1.79. The number of nitriles is 1. The molecule has 0 atom stereocenters. The first kappa shape index (κ1) is 23.0. The smallest absolute Gasteiger partial charge is 0.262 e. The van der Waals surface area contributed by atoms with Crippen LogP contribution in [0.4, 0.5) is 10.1 Å². The molecule has 0 aliphatic rings. The molecule has 0 saturated carbocycles. The number of anilines is 1. The minimum absolute atomic E-state index is 0.164. The van der Waals surface area contributed by atoms with Gasteiger partial charge in [-0.3, -0.25) is 4.79 Å². The number of allylic oxidation sites excluding steroid dienone is 1. The van der Waals surface area contributed by atoms with Gasteiger partial charge < -0.3 is 14.8 Å². The fourth-order valence-corrected chi connectivity index (χ4v) is 3.35. The molecule has 0 unspecified atom stereocenters. The van der Waals surface area contributed by atoms with Gasteiger partial charge in [-0.05, 0) is 48.9 Å². The third-order valence-corrected chi connectivity index (χ3v) is 5.25. The second kappa shape index (κ2) is 10.6. The number of rotatable bonds is 7. The van der Waals surface area contributed by atoms with Crippen molar-refractivity contribution < 1.29 is 18.7 Å². The van der Waals surface area contributed by atoms with Gasteiger partial charge in [-0.2, -0.15) is 5.26 Å². The topological polar surface area (TPSA) is 71.3 Å². The summed E-state index contributed by atoms with van der Waals surface area (Å²) < 4.78 is 25.7. The molecule has 0 bridgehead atoms. The number of hydrogen-bond acceptors (Lipinski definition) is 4. The monoisotopic (exact) mass is 494 g/mol. The Bertz CT molecular complexity index is 1200. The molecule has 32 heavy (non-hydrogen) atoms. The highest BCUT2D eigenvalue weighted by Gasteiger charge is 2.14. The SMILES string of the molecule is COc1cc(C=C(C#N)c2ccccc2F)c(Br)cc1OCC(=O)Nc1ccc(C)cc1. The number of benzene rings is 3. The van der Waals surface area contributed by atoms with Crippen molar-refractivity contribution in [1.29, 1.82) is 5.26 Å². The van der Waals surface area contributed by atoms with E-state index in [2.05, 4.69) is 21.2 Å². The van der Waals surface area contributed by atoms with Crippen molar-refractivity contribution in [3.63, 3.8) is 0 Å². The molecule has 3 aromatic rings. The van der Waals surface area contributed by atoms with Crippen LogP contribution in [0.5, 0.6) is 11.5 Å². The number of hydrogen-bond donors (Lipinski definition) is 1. The predicted octanol–water partition coefficient (Wildman–Crippen LogP) is 5.99. The summed E-state index contributed by atoms with van der Waals surface area (Å²) in [5.74, 6) is -0.0846. The lowest BCUT2D eigenvalue weighted by molar-refractivity contribution is -0.118. The van der Waals surface area contributed by atoms with E-state index in [4.69, 9.17) is 9.47 Å². The lowest BCUT2D eigenvalue weighted by Gasteiger charge is -2.13. The molecule has 0 spiro atoms. The molecule has 7 heteroatoms. The molecule has 0 aliphatic heterocycles. The van der Waals surface area contributed by atoms with Gasteiger partial charge in [-0.15, -0.1) is 0 Å². The maximum absolute atomic E-state index is 14.1. The number of amides is 1. The average Bonchev–Trinajstić information content (AvgIpc) is 2.79. The minimum atomic E-state index is -0.483. The largest absolute Gasteiger partial charge is 0.493 e. The van der Waals surface area contributed by atoms with Gasteiger partial charge in [0.25, 0.3) is 5.91 Å². The molecule has 0 saturated heterocycles. The van der Waals surface area contributed by atoms with Crippen molar-refractivity contribution in [3.8, 4) is 17.6 Å². The van der Waals surface area contributed by atoms with Crippen molar-refractivity contribution in [2.75, 3.05) is 19.0 Å². The van der Waals surface area contributed by atoms with Crippen LogP contribution < -0.4 is 14.8 Å². The highest BCUT2D eigenvalue weighted by Crippen LogP contribution is 2.35. The molecule has 0 heterocycles. The highest BCUT2D eigenvalue weighted by molar-refractivity contribution is 9.10. The van der Waals surface area contributed by atoms with E-state index in [1.165, 1.54) is 13.2 Å². The zero-order chi connectivity index (χ0) is 23.1. The fourth-order valence-electron chi connectivity index (χ4n) is 2.92. The number of nitrogens with zero attached hydrogens (tertiary/aromatic N) is 1. The van der Waals surface area contributed by atoms with Crippen molar-refractivity contribution in [1.82, 2.24) is 0 Å². The molecule has 162 valence electrons. The summed E-state index contributed by atoms with van der Waals surface area (Å²) in [6, 6.07) is 18.8. The van der Waals surface area contributed by atoms with Gasteiger partial charge in [0.15, 0.2) is 18.1 Å². The number of carbonyl (C=O) groups is 1. The van der Waals surface area contributed by atoms with Crippen LogP contribution in [0.25, 0.3) is 11.6 Å². The fraction of sp³-hybridized carbons (Fsp3) is 0.120. The lowest BCUT2D eigenvalue weighted by atomic mass is 10.0. The van der Waals surface area contributed by atoms with E-state index in [-0.39, 0.29) is 23.7 Å². The Morgan fingerprint density at radius 3 is 2.53 bits per heavy atom. The first-order valence-electron chi connectivity index (χ1n) is 9.65. The van der Waals surface area contributed by atoms with Crippen LogP contribution in [0.15, 0.2) is 65.1 Å². The number of methoxy groups -OCH3 is 1. The second-order valence-electron chi connectivity index (χ2n) is 6.88. The van der Waals surface area contributed by atoms with Crippen LogP contribution in [0, 0.1) is 24.1 Å². The Morgan fingerprint density at radius 1 is 1.16 bits per heavy atom. The Labute approximate surface area is 194 Å². The summed E-state index contributed by atoms with van der Waals surface area (Å²) in [4.78, 5) is 12.2. The average molecular weight is 495 g/mol. The van der Waals surface area contributed by atoms with E-state index in [0.29, 0.717) is 27.2 Å². The number of nitrogens with one attached hydrogen (secondary N) is 1. The maximum atomic E-state index is 14.1. The van der Waals surface area contributed by atoms with Crippen LogP contribution in [-0.2, 0) is 4.79 Å². The van der Waals surface area contributed by atoms with Crippen molar-refractivity contribution in [3.05, 3.63) is 87.6 Å². The minimum Gasteiger partial charge on any atom is -0.493 e. The third-order valence-electron chi connectivity index (χ3n) is 4.56. The number of ether oxygens (including phenoxy) is 2. The lowest BCUT2D eigenvalue weighted by Crippen LogP contribution is -2.20. The molecule has 0 aliphatic carbocycles. The Kier molecular flexibility index (Phi) is 7.63. The first-order valence-corrected chi connectivity index (χ1v) is 10.4. The van der Waals surface area contributed by atoms with Crippen molar-refractivity contribution in [2.24, 2.45) is 0 Å². The van der Waals surface area contributed by atoms with Gasteiger partial charge in [0.05, 0.1) is 18.8 Å². The van der Waals surface area contributed by atoms with Gasteiger partial charge in [0.2, 0.25) is 0 Å². The number of halogens is 2. The summed E-state index contributed by atoms with van der Waals surface area (Å²) >= 11 is 3.44. The third kappa shape index (κ3) is 5.74. The van der Waals surface area contributed by atoms with E-state index in [9.17, 15) is 14.4 Å². The van der Waals surface area contributed by atoms with E-state index in [1.807, 2.05) is 37.3 Å². The van der Waals surface area contributed by atoms with Gasteiger partial charge in [0.1, 0.15) is 5.82 Å². The Hall–Kier alpha value is -3.63. The molecule has 3 rings (SSSR count). The zero-order valence-electron chi connectivity index (χ0n) is 17.5. The van der Waals surface area contributed by atoms with E-state index in [0.717, 1.165) is 5.56 Å². The molecule has 0 aromatic heterocycles. The van der Waals surface area contributed by atoms with Gasteiger partial charge in [-0.1, -0.05) is 51.8 Å². The van der Waals surface area contributed by atoms with Crippen LogP contribution in [0.2, 0.25) is 0 Å². The highest BCUT2D eigenvalue weighted by atomic mass is 79.9. The quantitative estimate of drug-likeness (QED) is 0.323. The van der Waals surface area contributed by atoms with Crippen molar-refractivity contribution in [2.45, 2.75) is 6.92 Å². The van der Waals surface area contributed by atoms with Gasteiger partial charge in [0, 0.05) is 15.7 Å². The summed E-state index contributed by atoms with van der Waals surface area (Å²) in [6.45, 7) is 1.75.